The van der Waals surface area contributed by atoms with E-state index in [1.165, 1.54) is 30.6 Å². The number of aromatic nitrogens is 4. The van der Waals surface area contributed by atoms with Crippen LogP contribution in [0.25, 0.3) is 22.6 Å². The Bertz CT molecular complexity index is 1120. The van der Waals surface area contributed by atoms with Gasteiger partial charge in [-0.25, -0.2) is 14.4 Å². The first-order valence-corrected chi connectivity index (χ1v) is 7.59. The molecule has 0 saturated heterocycles. The molecule has 2 heterocycles. The van der Waals surface area contributed by atoms with E-state index in [1.54, 1.807) is 28.8 Å². The molecule has 0 unspecified atom stereocenters. The summed E-state index contributed by atoms with van der Waals surface area (Å²) < 4.78 is 14.7. The lowest BCUT2D eigenvalue weighted by Gasteiger charge is -2.05. The van der Waals surface area contributed by atoms with E-state index in [1.807, 2.05) is 0 Å². The highest BCUT2D eigenvalue weighted by atomic mass is 19.1. The van der Waals surface area contributed by atoms with Crippen LogP contribution in [0.1, 0.15) is 5.56 Å². The molecule has 2 N–H and O–H groups in total. The summed E-state index contributed by atoms with van der Waals surface area (Å²) in [7, 11) is 0. The second kappa shape index (κ2) is 5.86. The van der Waals surface area contributed by atoms with Gasteiger partial charge in [-0.15, -0.1) is 0 Å². The molecule has 2 aromatic carbocycles. The van der Waals surface area contributed by atoms with Gasteiger partial charge in [0.05, 0.1) is 6.33 Å². The van der Waals surface area contributed by atoms with Gasteiger partial charge in [-0.1, -0.05) is 24.3 Å². The first-order chi connectivity index (χ1) is 12.1. The maximum Gasteiger partial charge on any atom is 0.277 e. The van der Waals surface area contributed by atoms with Crippen LogP contribution in [0, 0.1) is 5.82 Å². The number of aromatic hydroxyl groups is 1. The van der Waals surface area contributed by atoms with Crippen molar-refractivity contribution in [2.45, 2.75) is 6.54 Å². The molecule has 6 nitrogen and oxygen atoms in total. The van der Waals surface area contributed by atoms with Crippen molar-refractivity contribution in [3.63, 3.8) is 0 Å². The Morgan fingerprint density at radius 3 is 2.72 bits per heavy atom. The quantitative estimate of drug-likeness (QED) is 0.602. The summed E-state index contributed by atoms with van der Waals surface area (Å²) in [5, 5.41) is 9.58. The Hall–Kier alpha value is -3.48. The first kappa shape index (κ1) is 15.1. The van der Waals surface area contributed by atoms with E-state index in [0.717, 1.165) is 5.56 Å². The molecule has 2 aromatic heterocycles. The van der Waals surface area contributed by atoms with Crippen LogP contribution in [-0.2, 0) is 6.54 Å². The van der Waals surface area contributed by atoms with Crippen molar-refractivity contribution < 1.29 is 9.50 Å². The van der Waals surface area contributed by atoms with Crippen molar-refractivity contribution >= 4 is 11.2 Å². The molecule has 0 aliphatic carbocycles. The van der Waals surface area contributed by atoms with Crippen molar-refractivity contribution in [1.82, 2.24) is 19.5 Å². The molecule has 0 radical (unpaired) electrons. The highest BCUT2D eigenvalue weighted by molar-refractivity contribution is 5.73. The van der Waals surface area contributed by atoms with Gasteiger partial charge in [-0.3, -0.25) is 4.79 Å². The van der Waals surface area contributed by atoms with Gasteiger partial charge < -0.3 is 14.7 Å². The van der Waals surface area contributed by atoms with E-state index in [-0.39, 0.29) is 17.1 Å². The number of aromatic amines is 1. The van der Waals surface area contributed by atoms with Gasteiger partial charge in [0.1, 0.15) is 17.4 Å². The molecule has 0 aliphatic rings. The maximum atomic E-state index is 13.0. The van der Waals surface area contributed by atoms with Crippen LogP contribution in [0.4, 0.5) is 4.39 Å². The second-order valence-electron chi connectivity index (χ2n) is 5.64. The summed E-state index contributed by atoms with van der Waals surface area (Å²) in [4.78, 5) is 23.8. The fraction of sp³-hybridized carbons (Fsp3) is 0.0556. The lowest BCUT2D eigenvalue weighted by Crippen LogP contribution is -2.13. The first-order valence-electron chi connectivity index (χ1n) is 7.59. The topological polar surface area (TPSA) is 83.8 Å². The van der Waals surface area contributed by atoms with Gasteiger partial charge in [0, 0.05) is 12.1 Å². The summed E-state index contributed by atoms with van der Waals surface area (Å²) >= 11 is 0. The standard InChI is InChI=1S/C18H13FN4O2/c19-13-6-4-11(5-7-13)9-23-10-20-17-15(23)18(25)22-16(21-17)12-2-1-3-14(24)8-12/h1-8,10,24H,9H2,(H,21,22,25). The van der Waals surface area contributed by atoms with E-state index in [0.29, 0.717) is 29.1 Å². The van der Waals surface area contributed by atoms with E-state index < -0.39 is 0 Å². The molecule has 0 atom stereocenters. The molecule has 124 valence electrons. The Balaban J connectivity index is 1.77. The van der Waals surface area contributed by atoms with Crippen molar-refractivity contribution in [1.29, 1.82) is 0 Å². The molecule has 0 bridgehead atoms. The van der Waals surface area contributed by atoms with Crippen molar-refractivity contribution in [3.8, 4) is 17.1 Å². The smallest absolute Gasteiger partial charge is 0.277 e. The number of halogens is 1. The summed E-state index contributed by atoms with van der Waals surface area (Å²) in [6.07, 6.45) is 1.53. The molecule has 0 spiro atoms. The van der Waals surface area contributed by atoms with Crippen LogP contribution < -0.4 is 5.56 Å². The van der Waals surface area contributed by atoms with Gasteiger partial charge in [0.25, 0.3) is 5.56 Å². The Morgan fingerprint density at radius 2 is 1.96 bits per heavy atom. The zero-order chi connectivity index (χ0) is 17.4. The number of hydrogen-bond donors (Lipinski definition) is 2. The number of rotatable bonds is 3. The van der Waals surface area contributed by atoms with E-state index in [9.17, 15) is 14.3 Å². The third kappa shape index (κ3) is 2.87. The van der Waals surface area contributed by atoms with E-state index in [2.05, 4.69) is 15.0 Å². The normalized spacial score (nSPS) is 11.1. The fourth-order valence-corrected chi connectivity index (χ4v) is 2.68. The van der Waals surface area contributed by atoms with Crippen LogP contribution in [-0.4, -0.2) is 24.6 Å². The zero-order valence-electron chi connectivity index (χ0n) is 13.0. The summed E-state index contributed by atoms with van der Waals surface area (Å²) in [6, 6.07) is 12.5. The van der Waals surface area contributed by atoms with Crippen molar-refractivity contribution in [3.05, 3.63) is 76.6 Å². The lowest BCUT2D eigenvalue weighted by molar-refractivity contribution is 0.475. The van der Waals surface area contributed by atoms with Crippen LogP contribution >= 0.6 is 0 Å². The van der Waals surface area contributed by atoms with Crippen LogP contribution in [0.3, 0.4) is 0 Å². The van der Waals surface area contributed by atoms with Gasteiger partial charge in [0.2, 0.25) is 0 Å². The molecule has 4 rings (SSSR count). The molecular weight excluding hydrogens is 323 g/mol. The van der Waals surface area contributed by atoms with Crippen LogP contribution in [0.2, 0.25) is 0 Å². The summed E-state index contributed by atoms with van der Waals surface area (Å²) in [5.41, 5.74) is 1.75. The number of fused-ring (bicyclic) bond motifs is 1. The Labute approximate surface area is 141 Å². The lowest BCUT2D eigenvalue weighted by atomic mass is 10.2. The Morgan fingerprint density at radius 1 is 1.16 bits per heavy atom. The molecule has 0 saturated carbocycles. The van der Waals surface area contributed by atoms with Crippen LogP contribution in [0.15, 0.2) is 59.7 Å². The third-order valence-electron chi connectivity index (χ3n) is 3.87. The monoisotopic (exact) mass is 336 g/mol. The summed E-state index contributed by atoms with van der Waals surface area (Å²) in [5.74, 6) is 0.108. The number of H-pyrrole nitrogens is 1. The average Bonchev–Trinajstić information content (AvgIpc) is 3.00. The summed E-state index contributed by atoms with van der Waals surface area (Å²) in [6.45, 7) is 0.382. The molecule has 0 aliphatic heterocycles. The minimum absolute atomic E-state index is 0.0853. The minimum Gasteiger partial charge on any atom is -0.508 e. The molecule has 25 heavy (non-hydrogen) atoms. The third-order valence-corrected chi connectivity index (χ3v) is 3.87. The van der Waals surface area contributed by atoms with Crippen molar-refractivity contribution in [2.75, 3.05) is 0 Å². The molecule has 7 heteroatoms. The van der Waals surface area contributed by atoms with Crippen molar-refractivity contribution in [2.24, 2.45) is 0 Å². The highest BCUT2D eigenvalue weighted by Crippen LogP contribution is 2.20. The molecular formula is C18H13FN4O2. The number of hydrogen-bond acceptors (Lipinski definition) is 4. The molecule has 0 amide bonds. The number of benzene rings is 2. The average molecular weight is 336 g/mol. The van der Waals surface area contributed by atoms with Gasteiger partial charge >= 0.3 is 0 Å². The SMILES string of the molecule is O=c1[nH]c(-c2cccc(O)c2)nc2ncn(Cc3ccc(F)cc3)c12. The minimum atomic E-state index is -0.331. The second-order valence-corrected chi connectivity index (χ2v) is 5.64. The molecule has 4 aromatic rings. The van der Waals surface area contributed by atoms with E-state index >= 15 is 0 Å². The predicted octanol–water partition coefficient (Wildman–Crippen LogP) is 2.68. The number of phenols is 1. The fourth-order valence-electron chi connectivity index (χ4n) is 2.68. The van der Waals surface area contributed by atoms with E-state index in [4.69, 9.17) is 0 Å². The zero-order valence-corrected chi connectivity index (χ0v) is 13.0. The Kier molecular flexibility index (Phi) is 3.53. The van der Waals surface area contributed by atoms with Gasteiger partial charge in [-0.2, -0.15) is 0 Å². The highest BCUT2D eigenvalue weighted by Gasteiger charge is 2.12. The number of imidazole rings is 1. The van der Waals surface area contributed by atoms with Gasteiger partial charge in [-0.05, 0) is 29.8 Å². The largest absolute Gasteiger partial charge is 0.508 e. The molecule has 0 fully saturated rings. The van der Waals surface area contributed by atoms with Gasteiger partial charge in [0.15, 0.2) is 11.2 Å². The maximum absolute atomic E-state index is 13.0. The number of phenolic OH excluding ortho intramolecular Hbond substituents is 1. The predicted molar refractivity (Wildman–Crippen MR) is 90.8 cm³/mol. The number of nitrogens with one attached hydrogen (secondary N) is 1. The van der Waals surface area contributed by atoms with Crippen LogP contribution in [0.5, 0.6) is 5.75 Å². The number of nitrogens with zero attached hydrogens (tertiary/aromatic N) is 3.